The SMILES string of the molecule is CCC(NCC(O)COc1ccc(F)cc1)c1ccc(C)cc1.Cl. The summed E-state index contributed by atoms with van der Waals surface area (Å²) in [6, 6.07) is 14.4. The third-order valence-electron chi connectivity index (χ3n) is 3.74. The Kier molecular flexibility index (Phi) is 8.76. The van der Waals surface area contributed by atoms with Gasteiger partial charge in [0.25, 0.3) is 0 Å². The number of aliphatic hydroxyl groups is 1. The van der Waals surface area contributed by atoms with Crippen molar-refractivity contribution in [2.75, 3.05) is 13.2 Å². The van der Waals surface area contributed by atoms with E-state index < -0.39 is 6.10 Å². The van der Waals surface area contributed by atoms with Crippen LogP contribution in [-0.4, -0.2) is 24.4 Å². The Balaban J connectivity index is 0.00000288. The van der Waals surface area contributed by atoms with Crippen LogP contribution in [0.2, 0.25) is 0 Å². The van der Waals surface area contributed by atoms with Crippen molar-refractivity contribution in [2.24, 2.45) is 0 Å². The minimum atomic E-state index is -0.625. The first-order valence-corrected chi connectivity index (χ1v) is 7.95. The molecule has 0 heterocycles. The number of aryl methyl sites for hydroxylation is 1. The maximum atomic E-state index is 12.8. The molecule has 0 saturated heterocycles. The van der Waals surface area contributed by atoms with Gasteiger partial charge in [0, 0.05) is 12.6 Å². The molecule has 2 aromatic carbocycles. The lowest BCUT2D eigenvalue weighted by Gasteiger charge is -2.20. The fraction of sp³-hybridized carbons (Fsp3) is 0.368. The number of ether oxygens (including phenoxy) is 1. The highest BCUT2D eigenvalue weighted by Crippen LogP contribution is 2.17. The van der Waals surface area contributed by atoms with E-state index in [-0.39, 0.29) is 30.9 Å². The van der Waals surface area contributed by atoms with Crippen LogP contribution in [0.5, 0.6) is 5.75 Å². The quantitative estimate of drug-likeness (QED) is 0.752. The molecular weight excluding hydrogens is 329 g/mol. The van der Waals surface area contributed by atoms with E-state index in [9.17, 15) is 9.50 Å². The first-order chi connectivity index (χ1) is 11.1. The zero-order chi connectivity index (χ0) is 16.7. The van der Waals surface area contributed by atoms with Crippen LogP contribution in [-0.2, 0) is 0 Å². The van der Waals surface area contributed by atoms with Crippen molar-refractivity contribution in [3.8, 4) is 5.75 Å². The first kappa shape index (κ1) is 20.4. The normalized spacial score (nSPS) is 13.0. The number of halogens is 2. The molecule has 132 valence electrons. The Morgan fingerprint density at radius 1 is 1.08 bits per heavy atom. The lowest BCUT2D eigenvalue weighted by molar-refractivity contribution is 0.103. The van der Waals surface area contributed by atoms with Crippen molar-refractivity contribution in [3.63, 3.8) is 0 Å². The highest BCUT2D eigenvalue weighted by atomic mass is 35.5. The number of rotatable bonds is 8. The summed E-state index contributed by atoms with van der Waals surface area (Å²) in [7, 11) is 0. The molecule has 5 heteroatoms. The van der Waals surface area contributed by atoms with Crippen molar-refractivity contribution in [1.82, 2.24) is 5.32 Å². The summed E-state index contributed by atoms with van der Waals surface area (Å²) in [4.78, 5) is 0. The highest BCUT2D eigenvalue weighted by Gasteiger charge is 2.12. The zero-order valence-corrected chi connectivity index (χ0v) is 14.9. The summed E-state index contributed by atoms with van der Waals surface area (Å²) >= 11 is 0. The molecule has 0 amide bonds. The van der Waals surface area contributed by atoms with E-state index in [0.29, 0.717) is 12.3 Å². The predicted molar refractivity (Wildman–Crippen MR) is 97.4 cm³/mol. The van der Waals surface area contributed by atoms with Gasteiger partial charge in [0.1, 0.15) is 24.3 Å². The number of aliphatic hydroxyl groups excluding tert-OH is 1. The Morgan fingerprint density at radius 3 is 2.29 bits per heavy atom. The first-order valence-electron chi connectivity index (χ1n) is 7.95. The molecule has 3 nitrogen and oxygen atoms in total. The standard InChI is InChI=1S/C19H24FNO2.ClH/c1-3-19(15-6-4-14(2)5-7-15)21-12-17(22)13-23-18-10-8-16(20)9-11-18;/h4-11,17,19,21-22H,3,12-13H2,1-2H3;1H. The van der Waals surface area contributed by atoms with Crippen molar-refractivity contribution < 1.29 is 14.2 Å². The lowest BCUT2D eigenvalue weighted by atomic mass is 10.0. The van der Waals surface area contributed by atoms with E-state index in [4.69, 9.17) is 4.74 Å². The summed E-state index contributed by atoms with van der Waals surface area (Å²) in [5.41, 5.74) is 2.45. The third kappa shape index (κ3) is 6.48. The molecule has 0 aliphatic rings. The van der Waals surface area contributed by atoms with Crippen molar-refractivity contribution in [2.45, 2.75) is 32.4 Å². The molecule has 2 unspecified atom stereocenters. The molecule has 0 bridgehead atoms. The number of hydrogen-bond donors (Lipinski definition) is 2. The van der Waals surface area contributed by atoms with Gasteiger partial charge in [-0.3, -0.25) is 0 Å². The molecule has 0 spiro atoms. The second-order valence-electron chi connectivity index (χ2n) is 5.70. The summed E-state index contributed by atoms with van der Waals surface area (Å²) < 4.78 is 18.3. The van der Waals surface area contributed by atoms with Crippen molar-refractivity contribution >= 4 is 12.4 Å². The molecule has 0 aromatic heterocycles. The van der Waals surface area contributed by atoms with E-state index in [1.807, 2.05) is 0 Å². The van der Waals surface area contributed by atoms with Crippen LogP contribution in [0, 0.1) is 12.7 Å². The van der Waals surface area contributed by atoms with Gasteiger partial charge in [0.2, 0.25) is 0 Å². The highest BCUT2D eigenvalue weighted by molar-refractivity contribution is 5.85. The van der Waals surface area contributed by atoms with E-state index in [2.05, 4.69) is 43.4 Å². The van der Waals surface area contributed by atoms with Crippen molar-refractivity contribution in [1.29, 1.82) is 0 Å². The molecule has 2 atom stereocenters. The summed E-state index contributed by atoms with van der Waals surface area (Å²) in [6.07, 6.45) is 0.314. The van der Waals surface area contributed by atoms with E-state index in [0.717, 1.165) is 6.42 Å². The molecule has 2 N–H and O–H groups in total. The monoisotopic (exact) mass is 353 g/mol. The maximum absolute atomic E-state index is 12.8. The van der Waals surface area contributed by atoms with Crippen LogP contribution in [0.25, 0.3) is 0 Å². The van der Waals surface area contributed by atoms with Crippen LogP contribution in [0.1, 0.15) is 30.5 Å². The average molecular weight is 354 g/mol. The molecule has 0 aliphatic heterocycles. The Bertz CT molecular complexity index is 589. The molecule has 0 saturated carbocycles. The number of hydrogen-bond acceptors (Lipinski definition) is 3. The van der Waals surface area contributed by atoms with E-state index in [1.165, 1.54) is 23.3 Å². The fourth-order valence-electron chi connectivity index (χ4n) is 2.36. The third-order valence-corrected chi connectivity index (χ3v) is 3.74. The van der Waals surface area contributed by atoms with Crippen LogP contribution >= 0.6 is 12.4 Å². The summed E-state index contributed by atoms with van der Waals surface area (Å²) in [5.74, 6) is 0.250. The van der Waals surface area contributed by atoms with Crippen LogP contribution in [0.15, 0.2) is 48.5 Å². The number of nitrogens with one attached hydrogen (secondary N) is 1. The fourth-order valence-corrected chi connectivity index (χ4v) is 2.36. The lowest BCUT2D eigenvalue weighted by Crippen LogP contribution is -2.33. The van der Waals surface area contributed by atoms with Crippen LogP contribution in [0.3, 0.4) is 0 Å². The Labute approximate surface area is 149 Å². The van der Waals surface area contributed by atoms with Gasteiger partial charge in [-0.1, -0.05) is 36.8 Å². The van der Waals surface area contributed by atoms with E-state index >= 15 is 0 Å². The van der Waals surface area contributed by atoms with E-state index in [1.54, 1.807) is 12.1 Å². The molecule has 0 fully saturated rings. The molecule has 24 heavy (non-hydrogen) atoms. The van der Waals surface area contributed by atoms with Gasteiger partial charge < -0.3 is 15.2 Å². The zero-order valence-electron chi connectivity index (χ0n) is 14.0. The van der Waals surface area contributed by atoms with Crippen LogP contribution < -0.4 is 10.1 Å². The van der Waals surface area contributed by atoms with Crippen molar-refractivity contribution in [3.05, 3.63) is 65.5 Å². The summed E-state index contributed by atoms with van der Waals surface area (Å²) in [5, 5.41) is 13.4. The molecular formula is C19H25ClFNO2. The minimum Gasteiger partial charge on any atom is -0.491 e. The number of benzene rings is 2. The molecule has 0 radical (unpaired) electrons. The van der Waals surface area contributed by atoms with Gasteiger partial charge >= 0.3 is 0 Å². The molecule has 2 rings (SSSR count). The molecule has 2 aromatic rings. The second kappa shape index (κ2) is 10.3. The smallest absolute Gasteiger partial charge is 0.123 e. The second-order valence-corrected chi connectivity index (χ2v) is 5.70. The minimum absolute atomic E-state index is 0. The molecule has 0 aliphatic carbocycles. The Hall–Kier alpha value is -1.62. The topological polar surface area (TPSA) is 41.5 Å². The predicted octanol–water partition coefficient (Wildman–Crippen LogP) is 4.04. The average Bonchev–Trinajstić information content (AvgIpc) is 2.56. The van der Waals surface area contributed by atoms with Gasteiger partial charge in [-0.15, -0.1) is 12.4 Å². The van der Waals surface area contributed by atoms with Crippen LogP contribution in [0.4, 0.5) is 4.39 Å². The largest absolute Gasteiger partial charge is 0.491 e. The Morgan fingerprint density at radius 2 is 1.71 bits per heavy atom. The van der Waals surface area contributed by atoms with Gasteiger partial charge in [-0.25, -0.2) is 4.39 Å². The van der Waals surface area contributed by atoms with Gasteiger partial charge in [-0.2, -0.15) is 0 Å². The maximum Gasteiger partial charge on any atom is 0.123 e. The van der Waals surface area contributed by atoms with Gasteiger partial charge in [-0.05, 0) is 43.2 Å². The summed E-state index contributed by atoms with van der Waals surface area (Å²) in [6.45, 7) is 4.78. The van der Waals surface area contributed by atoms with Gasteiger partial charge in [0.05, 0.1) is 0 Å². The van der Waals surface area contributed by atoms with Gasteiger partial charge in [0.15, 0.2) is 0 Å².